The summed E-state index contributed by atoms with van der Waals surface area (Å²) in [7, 11) is 0. The van der Waals surface area contributed by atoms with Crippen LogP contribution in [-0.4, -0.2) is 6.29 Å². The zero-order valence-corrected chi connectivity index (χ0v) is 11.2. The first-order valence-corrected chi connectivity index (χ1v) is 6.65. The van der Waals surface area contributed by atoms with Gasteiger partial charge in [0.05, 0.1) is 0 Å². The van der Waals surface area contributed by atoms with Crippen molar-refractivity contribution < 1.29 is 4.79 Å². The molecule has 1 heterocycles. The van der Waals surface area contributed by atoms with Crippen molar-refractivity contribution in [3.05, 3.63) is 40.3 Å². The number of carbonyl (C=O) groups excluding carboxylic acids is 1. The van der Waals surface area contributed by atoms with Crippen LogP contribution in [0.5, 0.6) is 0 Å². The number of fused-ring (bicyclic) bond motifs is 1. The average molecular weight is 244 g/mol. The van der Waals surface area contributed by atoms with Crippen molar-refractivity contribution >= 4 is 33.8 Å². The summed E-state index contributed by atoms with van der Waals surface area (Å²) in [5.41, 5.74) is 3.28. The molecule has 0 saturated carbocycles. The summed E-state index contributed by atoms with van der Waals surface area (Å²) in [5.74, 6) is 0.525. The molecule has 0 atom stereocenters. The third-order valence-electron chi connectivity index (χ3n) is 2.87. The predicted octanol–water partition coefficient (Wildman–Crippen LogP) is 4.63. The fourth-order valence-corrected chi connectivity index (χ4v) is 2.92. The molecule has 0 radical (unpaired) electrons. The molecular weight excluding hydrogens is 228 g/mol. The molecular formula is C15H16OS. The van der Waals surface area contributed by atoms with E-state index in [1.54, 1.807) is 11.3 Å². The van der Waals surface area contributed by atoms with Crippen LogP contribution >= 0.6 is 11.3 Å². The molecule has 1 aromatic heterocycles. The van der Waals surface area contributed by atoms with Gasteiger partial charge in [-0.25, -0.2) is 0 Å². The average Bonchev–Trinajstić information content (AvgIpc) is 2.77. The smallest absolute Gasteiger partial charge is 0.145 e. The van der Waals surface area contributed by atoms with Crippen LogP contribution in [0, 0.1) is 0 Å². The van der Waals surface area contributed by atoms with Crippen molar-refractivity contribution in [3.63, 3.8) is 0 Å². The molecule has 1 aromatic carbocycles. The highest BCUT2D eigenvalue weighted by Crippen LogP contribution is 2.32. The molecule has 2 heteroatoms. The predicted molar refractivity (Wildman–Crippen MR) is 75.6 cm³/mol. The van der Waals surface area contributed by atoms with Gasteiger partial charge in [-0.15, -0.1) is 11.3 Å². The van der Waals surface area contributed by atoms with Crippen LogP contribution < -0.4 is 0 Å². The Bertz CT molecular complexity index is 576. The minimum absolute atomic E-state index is 0.525. The van der Waals surface area contributed by atoms with E-state index < -0.39 is 0 Å². The number of carbonyl (C=O) groups is 1. The molecule has 0 aliphatic heterocycles. The summed E-state index contributed by atoms with van der Waals surface area (Å²) in [6, 6.07) is 6.45. The van der Waals surface area contributed by atoms with Gasteiger partial charge >= 0.3 is 0 Å². The maximum absolute atomic E-state index is 10.7. The Morgan fingerprint density at radius 3 is 2.71 bits per heavy atom. The second-order valence-electron chi connectivity index (χ2n) is 4.57. The van der Waals surface area contributed by atoms with Crippen molar-refractivity contribution in [2.24, 2.45) is 0 Å². The second-order valence-corrected chi connectivity index (χ2v) is 5.48. The standard InChI is InChI=1S/C15H16OS/c1-10(2)13-5-4-12(8-11(3)9-16)15-14(13)6-7-17-15/h4-10H,1-3H3. The van der Waals surface area contributed by atoms with Gasteiger partial charge in [-0.05, 0) is 52.5 Å². The van der Waals surface area contributed by atoms with E-state index in [9.17, 15) is 4.79 Å². The van der Waals surface area contributed by atoms with Gasteiger partial charge in [0.2, 0.25) is 0 Å². The summed E-state index contributed by atoms with van der Waals surface area (Å²) in [6.45, 7) is 6.25. The van der Waals surface area contributed by atoms with Gasteiger partial charge in [0.1, 0.15) is 6.29 Å². The number of hydrogen-bond donors (Lipinski definition) is 0. The summed E-state index contributed by atoms with van der Waals surface area (Å²) in [6.07, 6.45) is 2.85. The highest BCUT2D eigenvalue weighted by Gasteiger charge is 2.08. The molecule has 2 aromatic rings. The van der Waals surface area contributed by atoms with Gasteiger partial charge in [0.25, 0.3) is 0 Å². The van der Waals surface area contributed by atoms with Crippen molar-refractivity contribution in [1.82, 2.24) is 0 Å². The normalized spacial score (nSPS) is 12.4. The Morgan fingerprint density at radius 1 is 1.29 bits per heavy atom. The molecule has 0 aliphatic carbocycles. The maximum atomic E-state index is 10.7. The van der Waals surface area contributed by atoms with E-state index >= 15 is 0 Å². The zero-order chi connectivity index (χ0) is 12.4. The fourth-order valence-electron chi connectivity index (χ4n) is 2.00. The van der Waals surface area contributed by atoms with Crippen molar-refractivity contribution in [3.8, 4) is 0 Å². The molecule has 88 valence electrons. The molecule has 0 aliphatic rings. The number of rotatable bonds is 3. The number of benzene rings is 1. The van der Waals surface area contributed by atoms with Crippen LogP contribution in [0.15, 0.2) is 29.2 Å². The quantitative estimate of drug-likeness (QED) is 0.568. The first kappa shape index (κ1) is 12.1. The minimum atomic E-state index is 0.525. The highest BCUT2D eigenvalue weighted by atomic mass is 32.1. The largest absolute Gasteiger partial charge is 0.298 e. The van der Waals surface area contributed by atoms with Gasteiger partial charge in [0.15, 0.2) is 0 Å². The van der Waals surface area contributed by atoms with Gasteiger partial charge in [0, 0.05) is 4.70 Å². The monoisotopic (exact) mass is 244 g/mol. The van der Waals surface area contributed by atoms with Crippen LogP contribution in [0.3, 0.4) is 0 Å². The van der Waals surface area contributed by atoms with Gasteiger partial charge in [-0.1, -0.05) is 26.0 Å². The summed E-state index contributed by atoms with van der Waals surface area (Å²) in [4.78, 5) is 10.7. The molecule has 2 rings (SSSR count). The molecule has 0 N–H and O–H groups in total. The Labute approximate surface area is 106 Å². The van der Waals surface area contributed by atoms with Crippen LogP contribution in [0.4, 0.5) is 0 Å². The SMILES string of the molecule is CC(C=O)=Cc1ccc(C(C)C)c2ccsc12. The van der Waals surface area contributed by atoms with E-state index in [1.807, 2.05) is 13.0 Å². The zero-order valence-electron chi connectivity index (χ0n) is 10.4. The van der Waals surface area contributed by atoms with Gasteiger partial charge < -0.3 is 0 Å². The van der Waals surface area contributed by atoms with E-state index in [0.29, 0.717) is 5.92 Å². The van der Waals surface area contributed by atoms with Crippen LogP contribution in [0.1, 0.15) is 37.8 Å². The lowest BCUT2D eigenvalue weighted by Crippen LogP contribution is -1.89. The molecule has 1 nitrogen and oxygen atoms in total. The van der Waals surface area contributed by atoms with E-state index in [-0.39, 0.29) is 0 Å². The number of aldehydes is 1. The van der Waals surface area contributed by atoms with E-state index in [4.69, 9.17) is 0 Å². The van der Waals surface area contributed by atoms with E-state index in [1.165, 1.54) is 15.6 Å². The van der Waals surface area contributed by atoms with Gasteiger partial charge in [-0.2, -0.15) is 0 Å². The molecule has 0 unspecified atom stereocenters. The molecule has 0 saturated heterocycles. The Balaban J connectivity index is 2.65. The van der Waals surface area contributed by atoms with Crippen molar-refractivity contribution in [2.75, 3.05) is 0 Å². The summed E-state index contributed by atoms with van der Waals surface area (Å²) in [5, 5.41) is 3.43. The second kappa shape index (κ2) is 4.84. The summed E-state index contributed by atoms with van der Waals surface area (Å²) >= 11 is 1.74. The third-order valence-corrected chi connectivity index (χ3v) is 3.84. The number of allylic oxidation sites excluding steroid dienone is 1. The lowest BCUT2D eigenvalue weighted by atomic mass is 9.97. The molecule has 0 fully saturated rings. The molecule has 0 spiro atoms. The first-order valence-electron chi connectivity index (χ1n) is 5.77. The third kappa shape index (κ3) is 2.32. The molecule has 0 amide bonds. The number of hydrogen-bond acceptors (Lipinski definition) is 2. The van der Waals surface area contributed by atoms with Crippen molar-refractivity contribution in [2.45, 2.75) is 26.7 Å². The van der Waals surface area contributed by atoms with Crippen molar-refractivity contribution in [1.29, 1.82) is 0 Å². The Morgan fingerprint density at radius 2 is 2.06 bits per heavy atom. The van der Waals surface area contributed by atoms with Crippen LogP contribution in [-0.2, 0) is 4.79 Å². The molecule has 0 bridgehead atoms. The Kier molecular flexibility index (Phi) is 3.43. The lowest BCUT2D eigenvalue weighted by molar-refractivity contribution is -0.104. The summed E-state index contributed by atoms with van der Waals surface area (Å²) < 4.78 is 1.28. The lowest BCUT2D eigenvalue weighted by Gasteiger charge is -2.08. The topological polar surface area (TPSA) is 17.1 Å². The minimum Gasteiger partial charge on any atom is -0.298 e. The Hall–Kier alpha value is -1.41. The van der Waals surface area contributed by atoms with E-state index in [0.717, 1.165) is 17.4 Å². The first-order chi connectivity index (χ1) is 8.13. The van der Waals surface area contributed by atoms with Gasteiger partial charge in [-0.3, -0.25) is 4.79 Å². The van der Waals surface area contributed by atoms with Crippen LogP contribution in [0.25, 0.3) is 16.2 Å². The number of thiophene rings is 1. The van der Waals surface area contributed by atoms with E-state index in [2.05, 4.69) is 37.4 Å². The van der Waals surface area contributed by atoms with Crippen LogP contribution in [0.2, 0.25) is 0 Å². The fraction of sp³-hybridized carbons (Fsp3) is 0.267. The molecule has 17 heavy (non-hydrogen) atoms. The maximum Gasteiger partial charge on any atom is 0.145 e. The highest BCUT2D eigenvalue weighted by molar-refractivity contribution is 7.17.